The van der Waals surface area contributed by atoms with Gasteiger partial charge < -0.3 is 4.84 Å². The summed E-state index contributed by atoms with van der Waals surface area (Å²) in [5.74, 6) is -0.541. The normalized spacial score (nSPS) is 16.5. The summed E-state index contributed by atoms with van der Waals surface area (Å²) in [5.41, 5.74) is -1.47. The lowest BCUT2D eigenvalue weighted by Gasteiger charge is -2.30. The van der Waals surface area contributed by atoms with Crippen molar-refractivity contribution in [3.05, 3.63) is 54.1 Å². The van der Waals surface area contributed by atoms with Gasteiger partial charge in [0, 0.05) is 26.1 Å². The highest BCUT2D eigenvalue weighted by Gasteiger charge is 2.39. The largest absolute Gasteiger partial charge is 0.417 e. The van der Waals surface area contributed by atoms with Crippen LogP contribution in [0.25, 0.3) is 0 Å². The van der Waals surface area contributed by atoms with Gasteiger partial charge in [-0.2, -0.15) is 13.2 Å². The number of hydrogen-bond donors (Lipinski definition) is 1. The highest BCUT2D eigenvalue weighted by atomic mass is 32.2. The molecule has 0 aliphatic carbocycles. The molecular formula is C20H21F3N2O6S2. The van der Waals surface area contributed by atoms with E-state index < -0.39 is 53.4 Å². The Bertz CT molecular complexity index is 1220. The van der Waals surface area contributed by atoms with Crippen LogP contribution in [0.5, 0.6) is 0 Å². The standard InChI is InChI=1S/C20H21F3N2O6S2/c1-14(26)31-25-11-9-15(10-12-25)24-33(29,30)19-13-17(7-8-18(19)20(21,22)23)32(27,28)16-5-3-2-4-6-16/h2-8,13,15,24H,9-12H2,1H3. The number of alkyl halides is 3. The zero-order chi connectivity index (χ0) is 24.4. The second-order valence-electron chi connectivity index (χ2n) is 7.38. The number of halogens is 3. The molecule has 0 saturated carbocycles. The summed E-state index contributed by atoms with van der Waals surface area (Å²) in [6.45, 7) is 1.58. The minimum atomic E-state index is -5.03. The third-order valence-electron chi connectivity index (χ3n) is 4.95. The molecular weight excluding hydrogens is 485 g/mol. The van der Waals surface area contributed by atoms with Crippen molar-refractivity contribution in [2.24, 2.45) is 0 Å². The van der Waals surface area contributed by atoms with Crippen molar-refractivity contribution in [3.63, 3.8) is 0 Å². The highest BCUT2D eigenvalue weighted by Crippen LogP contribution is 2.36. The van der Waals surface area contributed by atoms with E-state index in [0.717, 1.165) is 6.07 Å². The maximum absolute atomic E-state index is 13.6. The number of nitrogens with one attached hydrogen (secondary N) is 1. The van der Waals surface area contributed by atoms with E-state index in [4.69, 9.17) is 4.84 Å². The summed E-state index contributed by atoms with van der Waals surface area (Å²) in [6, 6.07) is 7.97. The molecule has 0 amide bonds. The Labute approximate surface area is 189 Å². The van der Waals surface area contributed by atoms with Gasteiger partial charge in [-0.15, -0.1) is 5.06 Å². The molecule has 1 saturated heterocycles. The summed E-state index contributed by atoms with van der Waals surface area (Å²) in [6.07, 6.45) is -4.68. The molecule has 0 aromatic heterocycles. The number of sulfonamides is 1. The highest BCUT2D eigenvalue weighted by molar-refractivity contribution is 7.91. The van der Waals surface area contributed by atoms with Crippen molar-refractivity contribution < 1.29 is 39.6 Å². The third-order valence-corrected chi connectivity index (χ3v) is 8.27. The molecule has 1 heterocycles. The van der Waals surface area contributed by atoms with Crippen LogP contribution in [0.4, 0.5) is 13.2 Å². The minimum absolute atomic E-state index is 0.176. The van der Waals surface area contributed by atoms with Crippen LogP contribution < -0.4 is 4.72 Å². The lowest BCUT2D eigenvalue weighted by atomic mass is 10.1. The fourth-order valence-electron chi connectivity index (χ4n) is 3.39. The predicted molar refractivity (Wildman–Crippen MR) is 110 cm³/mol. The van der Waals surface area contributed by atoms with Gasteiger partial charge in [0.25, 0.3) is 0 Å². The van der Waals surface area contributed by atoms with Crippen LogP contribution in [0.15, 0.2) is 63.2 Å². The van der Waals surface area contributed by atoms with Gasteiger partial charge in [0.2, 0.25) is 19.9 Å². The van der Waals surface area contributed by atoms with Crippen molar-refractivity contribution in [2.45, 2.75) is 46.7 Å². The predicted octanol–water partition coefficient (Wildman–Crippen LogP) is 2.76. The van der Waals surface area contributed by atoms with Crippen LogP contribution in [0.1, 0.15) is 25.3 Å². The topological polar surface area (TPSA) is 110 Å². The number of nitrogens with zero attached hydrogens (tertiary/aromatic N) is 1. The smallest absolute Gasteiger partial charge is 0.368 e. The Morgan fingerprint density at radius 2 is 1.61 bits per heavy atom. The number of hydroxylamine groups is 2. The maximum Gasteiger partial charge on any atom is 0.417 e. The van der Waals surface area contributed by atoms with E-state index in [1.54, 1.807) is 6.07 Å². The zero-order valence-electron chi connectivity index (χ0n) is 17.4. The maximum atomic E-state index is 13.6. The Kier molecular flexibility index (Phi) is 7.17. The fourth-order valence-corrected chi connectivity index (χ4v) is 6.33. The van der Waals surface area contributed by atoms with Crippen molar-refractivity contribution in [1.82, 2.24) is 9.79 Å². The molecule has 0 unspecified atom stereocenters. The Morgan fingerprint density at radius 1 is 1.00 bits per heavy atom. The lowest BCUT2D eigenvalue weighted by molar-refractivity contribution is -0.192. The molecule has 0 atom stereocenters. The zero-order valence-corrected chi connectivity index (χ0v) is 19.0. The first-order chi connectivity index (χ1) is 15.3. The van der Waals surface area contributed by atoms with Crippen molar-refractivity contribution >= 4 is 25.8 Å². The third kappa shape index (κ3) is 5.91. The van der Waals surface area contributed by atoms with Crippen molar-refractivity contribution in [3.8, 4) is 0 Å². The average molecular weight is 507 g/mol. The molecule has 1 aliphatic rings. The average Bonchev–Trinajstić information content (AvgIpc) is 2.74. The van der Waals surface area contributed by atoms with E-state index in [9.17, 15) is 34.8 Å². The molecule has 2 aromatic rings. The number of rotatable bonds is 6. The molecule has 13 heteroatoms. The Hall–Kier alpha value is -2.48. The molecule has 33 heavy (non-hydrogen) atoms. The van der Waals surface area contributed by atoms with E-state index in [0.29, 0.717) is 12.1 Å². The molecule has 8 nitrogen and oxygen atoms in total. The van der Waals surface area contributed by atoms with E-state index in [1.807, 2.05) is 0 Å². The first-order valence-corrected chi connectivity index (χ1v) is 12.7. The van der Waals surface area contributed by atoms with Crippen LogP contribution in [0, 0.1) is 0 Å². The number of benzene rings is 2. The molecule has 0 bridgehead atoms. The summed E-state index contributed by atoms with van der Waals surface area (Å²) < 4.78 is 94.5. The molecule has 1 fully saturated rings. The van der Waals surface area contributed by atoms with Crippen LogP contribution in [0.3, 0.4) is 0 Å². The summed E-state index contributed by atoms with van der Waals surface area (Å²) in [5, 5.41) is 1.33. The van der Waals surface area contributed by atoms with E-state index in [2.05, 4.69) is 4.72 Å². The monoisotopic (exact) mass is 506 g/mol. The molecule has 180 valence electrons. The van der Waals surface area contributed by atoms with Gasteiger partial charge >= 0.3 is 12.1 Å². The quantitative estimate of drug-likeness (QED) is 0.642. The second kappa shape index (κ2) is 9.41. The van der Waals surface area contributed by atoms with Crippen LogP contribution >= 0.6 is 0 Å². The van der Waals surface area contributed by atoms with Crippen LogP contribution in [-0.4, -0.2) is 47.0 Å². The van der Waals surface area contributed by atoms with E-state index in [-0.39, 0.29) is 30.8 Å². The fraction of sp³-hybridized carbons (Fsp3) is 0.350. The number of carbonyl (C=O) groups is 1. The molecule has 0 spiro atoms. The second-order valence-corrected chi connectivity index (χ2v) is 11.0. The molecule has 2 aromatic carbocycles. The number of sulfone groups is 1. The molecule has 0 radical (unpaired) electrons. The summed E-state index contributed by atoms with van der Waals surface area (Å²) >= 11 is 0. The minimum Gasteiger partial charge on any atom is -0.368 e. The molecule has 1 N–H and O–H groups in total. The van der Waals surface area contributed by atoms with Crippen LogP contribution in [0.2, 0.25) is 0 Å². The van der Waals surface area contributed by atoms with Gasteiger partial charge in [0.15, 0.2) is 0 Å². The van der Waals surface area contributed by atoms with Gasteiger partial charge in [0.05, 0.1) is 20.2 Å². The SMILES string of the molecule is CC(=O)ON1CCC(NS(=O)(=O)c2cc(S(=O)(=O)c3ccccc3)ccc2C(F)(F)F)CC1. The van der Waals surface area contributed by atoms with Crippen molar-refractivity contribution in [1.29, 1.82) is 0 Å². The number of hydrogen-bond acceptors (Lipinski definition) is 7. The van der Waals surface area contributed by atoms with Gasteiger partial charge in [-0.05, 0) is 43.2 Å². The van der Waals surface area contributed by atoms with Crippen LogP contribution in [-0.2, 0) is 35.7 Å². The molecule has 1 aliphatic heterocycles. The first-order valence-electron chi connectivity index (χ1n) is 9.78. The van der Waals surface area contributed by atoms with Gasteiger partial charge in [-0.25, -0.2) is 21.6 Å². The Morgan fingerprint density at radius 3 is 2.15 bits per heavy atom. The Balaban J connectivity index is 1.95. The molecule has 3 rings (SSSR count). The summed E-state index contributed by atoms with van der Waals surface area (Å²) in [4.78, 5) is 14.0. The number of piperidine rings is 1. The van der Waals surface area contributed by atoms with Gasteiger partial charge in [-0.3, -0.25) is 4.79 Å². The summed E-state index contributed by atoms with van der Waals surface area (Å²) in [7, 11) is -8.99. The van der Waals surface area contributed by atoms with E-state index in [1.165, 1.54) is 36.3 Å². The number of carbonyl (C=O) groups excluding carboxylic acids is 1. The van der Waals surface area contributed by atoms with Gasteiger partial charge in [-0.1, -0.05) is 18.2 Å². The van der Waals surface area contributed by atoms with Crippen molar-refractivity contribution in [2.75, 3.05) is 13.1 Å². The lowest BCUT2D eigenvalue weighted by Crippen LogP contribution is -2.45. The van der Waals surface area contributed by atoms with E-state index >= 15 is 0 Å². The van der Waals surface area contributed by atoms with Gasteiger partial charge in [0.1, 0.15) is 0 Å². The first kappa shape index (κ1) is 25.1.